The van der Waals surface area contributed by atoms with Crippen molar-refractivity contribution >= 4 is 23.4 Å². The van der Waals surface area contributed by atoms with E-state index in [1.807, 2.05) is 59.2 Å². The van der Waals surface area contributed by atoms with Crippen LogP contribution in [0.2, 0.25) is 0 Å². The Morgan fingerprint density at radius 1 is 0.853 bits per heavy atom. The van der Waals surface area contributed by atoms with Gasteiger partial charge in [-0.3, -0.25) is 9.36 Å². The Bertz CT molecular complexity index is 1210. The van der Waals surface area contributed by atoms with Crippen molar-refractivity contribution in [2.75, 3.05) is 25.3 Å². The minimum atomic E-state index is -0.145. The highest BCUT2D eigenvalue weighted by atomic mass is 32.2. The van der Waals surface area contributed by atoms with Crippen molar-refractivity contribution in [3.63, 3.8) is 0 Å². The second-order valence-electron chi connectivity index (χ2n) is 7.10. The molecule has 0 radical (unpaired) electrons. The van der Waals surface area contributed by atoms with Crippen molar-refractivity contribution in [2.24, 2.45) is 0 Å². The predicted molar refractivity (Wildman–Crippen MR) is 131 cm³/mol. The number of anilines is 1. The molecule has 4 aromatic rings. The molecule has 9 heteroatoms. The zero-order valence-corrected chi connectivity index (χ0v) is 19.6. The summed E-state index contributed by atoms with van der Waals surface area (Å²) < 4.78 is 18.1. The number of hydrogen-bond acceptors (Lipinski definition) is 7. The second kappa shape index (κ2) is 11.2. The molecule has 1 heterocycles. The summed E-state index contributed by atoms with van der Waals surface area (Å²) >= 11 is 1.30. The van der Waals surface area contributed by atoms with Gasteiger partial charge in [-0.25, -0.2) is 0 Å². The van der Waals surface area contributed by atoms with E-state index in [0.717, 1.165) is 17.2 Å². The third-order valence-corrected chi connectivity index (χ3v) is 5.78. The van der Waals surface area contributed by atoms with Gasteiger partial charge >= 0.3 is 0 Å². The molecule has 0 fully saturated rings. The number of thioether (sulfide) groups is 1. The fraction of sp³-hybridized carbons (Fsp3) is 0.160. The van der Waals surface area contributed by atoms with Crippen molar-refractivity contribution in [2.45, 2.75) is 11.8 Å². The summed E-state index contributed by atoms with van der Waals surface area (Å²) in [4.78, 5) is 12.5. The number of nitrogens with one attached hydrogen (secondary N) is 1. The van der Waals surface area contributed by atoms with Crippen LogP contribution in [0.25, 0.3) is 5.69 Å². The topological polar surface area (TPSA) is 87.5 Å². The van der Waals surface area contributed by atoms with E-state index in [-0.39, 0.29) is 18.3 Å². The summed E-state index contributed by atoms with van der Waals surface area (Å²) in [6.45, 7) is 0.215. The van der Waals surface area contributed by atoms with Crippen LogP contribution in [-0.2, 0) is 11.4 Å². The third-order valence-electron chi connectivity index (χ3n) is 4.85. The standard InChI is InChI=1S/C25H24N4O4S/c1-31-20-10-8-18(9-11-20)26-24(30)17-34-25-28-27-23(29(25)19-6-4-3-5-7-19)16-33-22-14-12-21(32-2)13-15-22/h3-15H,16-17H2,1-2H3,(H,26,30). The number of carbonyl (C=O) groups is 1. The highest BCUT2D eigenvalue weighted by Gasteiger charge is 2.16. The minimum Gasteiger partial charge on any atom is -0.497 e. The second-order valence-corrected chi connectivity index (χ2v) is 8.04. The summed E-state index contributed by atoms with van der Waals surface area (Å²) in [7, 11) is 3.22. The molecule has 0 spiro atoms. The zero-order valence-electron chi connectivity index (χ0n) is 18.8. The molecule has 0 aliphatic rings. The van der Waals surface area contributed by atoms with Crippen molar-refractivity contribution in [1.29, 1.82) is 0 Å². The average Bonchev–Trinajstić information content (AvgIpc) is 3.30. The smallest absolute Gasteiger partial charge is 0.234 e. The van der Waals surface area contributed by atoms with E-state index in [1.54, 1.807) is 38.5 Å². The number of rotatable bonds is 10. The zero-order chi connectivity index (χ0) is 23.8. The first kappa shape index (κ1) is 23.2. The van der Waals surface area contributed by atoms with Gasteiger partial charge in [-0.05, 0) is 60.7 Å². The maximum Gasteiger partial charge on any atom is 0.234 e. The summed E-state index contributed by atoms with van der Waals surface area (Å²) in [6, 6.07) is 24.3. The van der Waals surface area contributed by atoms with Gasteiger partial charge < -0.3 is 19.5 Å². The van der Waals surface area contributed by atoms with Crippen LogP contribution in [0.15, 0.2) is 84.0 Å². The first-order chi connectivity index (χ1) is 16.7. The molecule has 1 amide bonds. The Balaban J connectivity index is 1.45. The average molecular weight is 477 g/mol. The molecule has 0 saturated heterocycles. The van der Waals surface area contributed by atoms with Crippen LogP contribution >= 0.6 is 11.8 Å². The lowest BCUT2D eigenvalue weighted by molar-refractivity contribution is -0.113. The number of methoxy groups -OCH3 is 2. The number of carbonyl (C=O) groups excluding carboxylic acids is 1. The minimum absolute atomic E-state index is 0.145. The predicted octanol–water partition coefficient (Wildman–Crippen LogP) is 4.59. The van der Waals surface area contributed by atoms with Crippen molar-refractivity contribution in [3.8, 4) is 22.9 Å². The highest BCUT2D eigenvalue weighted by Crippen LogP contribution is 2.24. The molecule has 174 valence electrons. The Morgan fingerprint density at radius 3 is 2.12 bits per heavy atom. The Morgan fingerprint density at radius 2 is 1.47 bits per heavy atom. The van der Waals surface area contributed by atoms with Crippen LogP contribution in [0.1, 0.15) is 5.82 Å². The van der Waals surface area contributed by atoms with Crippen LogP contribution in [0.4, 0.5) is 5.69 Å². The van der Waals surface area contributed by atoms with Gasteiger partial charge in [0.2, 0.25) is 5.91 Å². The van der Waals surface area contributed by atoms with Crippen LogP contribution in [-0.4, -0.2) is 40.6 Å². The fourth-order valence-corrected chi connectivity index (χ4v) is 3.92. The van der Waals surface area contributed by atoms with E-state index in [9.17, 15) is 4.79 Å². The number of hydrogen-bond donors (Lipinski definition) is 1. The lowest BCUT2D eigenvalue weighted by atomic mass is 10.3. The first-order valence-corrected chi connectivity index (χ1v) is 11.5. The molecule has 0 atom stereocenters. The maximum absolute atomic E-state index is 12.5. The lowest BCUT2D eigenvalue weighted by Crippen LogP contribution is -2.14. The van der Waals surface area contributed by atoms with Crippen LogP contribution in [0.3, 0.4) is 0 Å². The number of para-hydroxylation sites is 1. The number of aromatic nitrogens is 3. The van der Waals surface area contributed by atoms with E-state index in [1.165, 1.54) is 11.8 Å². The first-order valence-electron chi connectivity index (χ1n) is 10.5. The number of benzene rings is 3. The van der Waals surface area contributed by atoms with E-state index in [4.69, 9.17) is 14.2 Å². The number of nitrogens with zero attached hydrogens (tertiary/aromatic N) is 3. The van der Waals surface area contributed by atoms with Crippen molar-refractivity contribution < 1.29 is 19.0 Å². The van der Waals surface area contributed by atoms with Gasteiger partial charge in [0.05, 0.1) is 20.0 Å². The van der Waals surface area contributed by atoms with E-state index < -0.39 is 0 Å². The molecule has 4 rings (SSSR count). The van der Waals surface area contributed by atoms with Crippen LogP contribution in [0, 0.1) is 0 Å². The molecular formula is C25H24N4O4S. The van der Waals surface area contributed by atoms with E-state index in [0.29, 0.717) is 22.4 Å². The fourth-order valence-electron chi connectivity index (χ4n) is 3.15. The highest BCUT2D eigenvalue weighted by molar-refractivity contribution is 7.99. The van der Waals surface area contributed by atoms with Crippen molar-refractivity contribution in [3.05, 3.63) is 84.7 Å². The Hall–Kier alpha value is -3.98. The SMILES string of the molecule is COc1ccc(NC(=O)CSc2nnc(COc3ccc(OC)cc3)n2-c2ccccc2)cc1. The number of amides is 1. The summed E-state index contributed by atoms with van der Waals surface area (Å²) in [6.07, 6.45) is 0. The molecule has 0 bridgehead atoms. The molecule has 1 N–H and O–H groups in total. The summed E-state index contributed by atoms with van der Waals surface area (Å²) in [5.41, 5.74) is 1.59. The van der Waals surface area contributed by atoms with E-state index in [2.05, 4.69) is 15.5 Å². The van der Waals surface area contributed by atoms with Gasteiger partial charge in [-0.2, -0.15) is 0 Å². The van der Waals surface area contributed by atoms with E-state index >= 15 is 0 Å². The van der Waals surface area contributed by atoms with Gasteiger partial charge in [0, 0.05) is 11.4 Å². The molecule has 1 aromatic heterocycles. The Labute approximate surface area is 201 Å². The molecule has 0 unspecified atom stereocenters. The van der Waals surface area contributed by atoms with Gasteiger partial charge in [0.25, 0.3) is 0 Å². The third kappa shape index (κ3) is 5.87. The quantitative estimate of drug-likeness (QED) is 0.335. The molecule has 3 aromatic carbocycles. The molecule has 0 aliphatic heterocycles. The lowest BCUT2D eigenvalue weighted by Gasteiger charge is -2.11. The van der Waals surface area contributed by atoms with Gasteiger partial charge in [-0.1, -0.05) is 30.0 Å². The van der Waals surface area contributed by atoms with Crippen LogP contribution in [0.5, 0.6) is 17.2 Å². The Kier molecular flexibility index (Phi) is 7.67. The monoisotopic (exact) mass is 476 g/mol. The molecule has 34 heavy (non-hydrogen) atoms. The molecule has 0 aliphatic carbocycles. The molecular weight excluding hydrogens is 452 g/mol. The maximum atomic E-state index is 12.5. The van der Waals surface area contributed by atoms with Crippen LogP contribution < -0.4 is 19.5 Å². The van der Waals surface area contributed by atoms with Gasteiger partial charge in [0.1, 0.15) is 23.9 Å². The normalized spacial score (nSPS) is 10.5. The summed E-state index contributed by atoms with van der Waals surface area (Å²) in [5, 5.41) is 12.1. The van der Waals surface area contributed by atoms with Gasteiger partial charge in [0.15, 0.2) is 11.0 Å². The number of ether oxygens (including phenoxy) is 3. The van der Waals surface area contributed by atoms with Crippen molar-refractivity contribution in [1.82, 2.24) is 14.8 Å². The molecule has 8 nitrogen and oxygen atoms in total. The van der Waals surface area contributed by atoms with Gasteiger partial charge in [-0.15, -0.1) is 10.2 Å². The molecule has 0 saturated carbocycles. The largest absolute Gasteiger partial charge is 0.497 e. The summed E-state index contributed by atoms with van der Waals surface area (Å²) in [5.74, 6) is 2.83.